The predicted molar refractivity (Wildman–Crippen MR) is 106 cm³/mol. The van der Waals surface area contributed by atoms with E-state index < -0.39 is 5.91 Å². The number of para-hydroxylation sites is 1. The van der Waals surface area contributed by atoms with E-state index in [1.807, 2.05) is 6.07 Å². The minimum absolute atomic E-state index is 0.0803. The van der Waals surface area contributed by atoms with Crippen molar-refractivity contribution in [3.05, 3.63) is 101 Å². The number of halogens is 1. The molecule has 0 saturated carbocycles. The second-order valence-electron chi connectivity index (χ2n) is 5.60. The van der Waals surface area contributed by atoms with E-state index in [0.29, 0.717) is 21.8 Å². The standard InChI is InChI=1S/C21H16ClN3O2/c22-17-10-4-5-11-18(17)24-21(27)19(13-15-7-6-12-23-14-15)25-20(26)16-8-2-1-3-9-16/h1-14H,(H,24,27)(H,25,26). The molecule has 0 aliphatic heterocycles. The van der Waals surface area contributed by atoms with Gasteiger partial charge in [0, 0.05) is 18.0 Å². The number of amides is 2. The molecule has 27 heavy (non-hydrogen) atoms. The maximum atomic E-state index is 12.8. The number of carbonyl (C=O) groups excluding carboxylic acids is 2. The van der Waals surface area contributed by atoms with Crippen molar-refractivity contribution in [2.45, 2.75) is 0 Å². The van der Waals surface area contributed by atoms with Gasteiger partial charge >= 0.3 is 0 Å². The maximum Gasteiger partial charge on any atom is 0.272 e. The zero-order valence-electron chi connectivity index (χ0n) is 14.2. The van der Waals surface area contributed by atoms with Crippen LogP contribution in [0.25, 0.3) is 6.08 Å². The first-order valence-corrected chi connectivity index (χ1v) is 8.55. The summed E-state index contributed by atoms with van der Waals surface area (Å²) in [5.74, 6) is -0.878. The molecule has 2 N–H and O–H groups in total. The highest BCUT2D eigenvalue weighted by Crippen LogP contribution is 2.21. The minimum atomic E-state index is -0.490. The number of hydrogen-bond donors (Lipinski definition) is 2. The smallest absolute Gasteiger partial charge is 0.272 e. The van der Waals surface area contributed by atoms with Crippen LogP contribution in [-0.2, 0) is 4.79 Å². The molecule has 134 valence electrons. The number of nitrogens with one attached hydrogen (secondary N) is 2. The fourth-order valence-corrected chi connectivity index (χ4v) is 2.51. The molecule has 0 radical (unpaired) electrons. The van der Waals surface area contributed by atoms with E-state index >= 15 is 0 Å². The van der Waals surface area contributed by atoms with Crippen molar-refractivity contribution in [3.8, 4) is 0 Å². The zero-order chi connectivity index (χ0) is 19.1. The number of nitrogens with zero attached hydrogens (tertiary/aromatic N) is 1. The molecular weight excluding hydrogens is 362 g/mol. The van der Waals surface area contributed by atoms with Crippen LogP contribution in [0, 0.1) is 0 Å². The minimum Gasteiger partial charge on any atom is -0.319 e. The summed E-state index contributed by atoms with van der Waals surface area (Å²) in [7, 11) is 0. The Bertz CT molecular complexity index is 973. The second-order valence-corrected chi connectivity index (χ2v) is 6.01. The van der Waals surface area contributed by atoms with Crippen LogP contribution in [0.5, 0.6) is 0 Å². The Hall–Kier alpha value is -3.44. The quantitative estimate of drug-likeness (QED) is 0.656. The van der Waals surface area contributed by atoms with Crippen molar-refractivity contribution < 1.29 is 9.59 Å². The fraction of sp³-hybridized carbons (Fsp3) is 0. The van der Waals surface area contributed by atoms with E-state index in [4.69, 9.17) is 11.6 Å². The van der Waals surface area contributed by atoms with Gasteiger partial charge in [0.05, 0.1) is 10.7 Å². The molecule has 0 unspecified atom stereocenters. The van der Waals surface area contributed by atoms with E-state index in [9.17, 15) is 9.59 Å². The Morgan fingerprint density at radius 1 is 0.926 bits per heavy atom. The SMILES string of the molecule is O=C(Nc1ccccc1Cl)C(=Cc1cccnc1)NC(=O)c1ccccc1. The van der Waals surface area contributed by atoms with Crippen LogP contribution in [0.1, 0.15) is 15.9 Å². The van der Waals surface area contributed by atoms with Gasteiger partial charge in [-0.25, -0.2) is 0 Å². The molecule has 1 aromatic heterocycles. The number of hydrogen-bond acceptors (Lipinski definition) is 3. The third-order valence-electron chi connectivity index (χ3n) is 3.65. The summed E-state index contributed by atoms with van der Waals surface area (Å²) < 4.78 is 0. The Balaban J connectivity index is 1.88. The molecule has 5 nitrogen and oxygen atoms in total. The van der Waals surface area contributed by atoms with Gasteiger partial charge in [-0.1, -0.05) is 48.0 Å². The van der Waals surface area contributed by atoms with Crippen molar-refractivity contribution in [2.75, 3.05) is 5.32 Å². The number of aromatic nitrogens is 1. The zero-order valence-corrected chi connectivity index (χ0v) is 15.0. The summed E-state index contributed by atoms with van der Waals surface area (Å²) in [6.07, 6.45) is 4.78. The van der Waals surface area contributed by atoms with Crippen molar-refractivity contribution in [1.29, 1.82) is 0 Å². The summed E-state index contributed by atoms with van der Waals surface area (Å²) in [4.78, 5) is 29.3. The lowest BCUT2D eigenvalue weighted by atomic mass is 10.2. The van der Waals surface area contributed by atoms with E-state index in [1.54, 1.807) is 79.1 Å². The molecular formula is C21H16ClN3O2. The highest BCUT2D eigenvalue weighted by atomic mass is 35.5. The molecule has 3 rings (SSSR count). The molecule has 0 atom stereocenters. The largest absolute Gasteiger partial charge is 0.319 e. The van der Waals surface area contributed by atoms with Gasteiger partial charge in [0.25, 0.3) is 11.8 Å². The first-order chi connectivity index (χ1) is 13.1. The molecule has 0 fully saturated rings. The number of benzene rings is 2. The molecule has 6 heteroatoms. The average molecular weight is 378 g/mol. The second kappa shape index (κ2) is 8.78. The summed E-state index contributed by atoms with van der Waals surface area (Å²) in [5, 5.41) is 5.78. The van der Waals surface area contributed by atoms with Crippen LogP contribution < -0.4 is 10.6 Å². The maximum absolute atomic E-state index is 12.8. The number of anilines is 1. The summed E-state index contributed by atoms with van der Waals surface area (Å²) in [6, 6.07) is 19.1. The first-order valence-electron chi connectivity index (χ1n) is 8.17. The molecule has 2 aromatic carbocycles. The normalized spacial score (nSPS) is 10.9. The van der Waals surface area contributed by atoms with Crippen LogP contribution in [0.15, 0.2) is 84.8 Å². The Morgan fingerprint density at radius 2 is 1.67 bits per heavy atom. The van der Waals surface area contributed by atoms with Crippen LogP contribution >= 0.6 is 11.6 Å². The van der Waals surface area contributed by atoms with Crippen LogP contribution in [0.4, 0.5) is 5.69 Å². The highest BCUT2D eigenvalue weighted by Gasteiger charge is 2.15. The molecule has 2 amide bonds. The lowest BCUT2D eigenvalue weighted by Gasteiger charge is -2.12. The van der Waals surface area contributed by atoms with Crippen LogP contribution in [0.2, 0.25) is 5.02 Å². The molecule has 3 aromatic rings. The highest BCUT2D eigenvalue weighted by molar-refractivity contribution is 6.34. The predicted octanol–water partition coefficient (Wildman–Crippen LogP) is 4.14. The molecule has 0 aliphatic rings. The van der Waals surface area contributed by atoms with Gasteiger partial charge in [-0.15, -0.1) is 0 Å². The van der Waals surface area contributed by atoms with Crippen molar-refractivity contribution in [3.63, 3.8) is 0 Å². The molecule has 1 heterocycles. The van der Waals surface area contributed by atoms with Crippen LogP contribution in [0.3, 0.4) is 0 Å². The summed E-state index contributed by atoms with van der Waals surface area (Å²) >= 11 is 6.10. The van der Waals surface area contributed by atoms with Crippen LogP contribution in [-0.4, -0.2) is 16.8 Å². The lowest BCUT2D eigenvalue weighted by molar-refractivity contribution is -0.113. The van der Waals surface area contributed by atoms with Gasteiger partial charge in [0.1, 0.15) is 5.70 Å². The lowest BCUT2D eigenvalue weighted by Crippen LogP contribution is -2.30. The van der Waals surface area contributed by atoms with E-state index in [2.05, 4.69) is 15.6 Å². The Labute approximate surface area is 161 Å². The van der Waals surface area contributed by atoms with E-state index in [0.717, 1.165) is 0 Å². The summed E-state index contributed by atoms with van der Waals surface area (Å²) in [6.45, 7) is 0. The van der Waals surface area contributed by atoms with Crippen molar-refractivity contribution >= 4 is 35.2 Å². The Morgan fingerprint density at radius 3 is 2.37 bits per heavy atom. The first kappa shape index (κ1) is 18.4. The third kappa shape index (κ3) is 5.03. The Kier molecular flexibility index (Phi) is 5.97. The number of carbonyl (C=O) groups is 2. The number of pyridine rings is 1. The van der Waals surface area contributed by atoms with Gasteiger partial charge in [-0.05, 0) is 42.0 Å². The fourth-order valence-electron chi connectivity index (χ4n) is 2.32. The van der Waals surface area contributed by atoms with Gasteiger partial charge in [-0.2, -0.15) is 0 Å². The number of rotatable bonds is 5. The van der Waals surface area contributed by atoms with Crippen molar-refractivity contribution in [2.24, 2.45) is 0 Å². The van der Waals surface area contributed by atoms with Gasteiger partial charge in [0.2, 0.25) is 0 Å². The van der Waals surface area contributed by atoms with Gasteiger partial charge in [-0.3, -0.25) is 14.6 Å². The monoisotopic (exact) mass is 377 g/mol. The van der Waals surface area contributed by atoms with Gasteiger partial charge < -0.3 is 10.6 Å². The third-order valence-corrected chi connectivity index (χ3v) is 3.98. The molecule has 0 aliphatic carbocycles. The molecule has 0 saturated heterocycles. The van der Waals surface area contributed by atoms with E-state index in [1.165, 1.54) is 0 Å². The van der Waals surface area contributed by atoms with Crippen molar-refractivity contribution in [1.82, 2.24) is 10.3 Å². The average Bonchev–Trinajstić information content (AvgIpc) is 2.70. The summed E-state index contributed by atoms with van der Waals surface area (Å²) in [5.41, 5.74) is 1.65. The van der Waals surface area contributed by atoms with E-state index in [-0.39, 0.29) is 11.6 Å². The van der Waals surface area contributed by atoms with Gasteiger partial charge in [0.15, 0.2) is 0 Å². The molecule has 0 bridgehead atoms. The topological polar surface area (TPSA) is 71.1 Å². The molecule has 0 spiro atoms.